The molecule has 144 valence electrons. The van der Waals surface area contributed by atoms with E-state index >= 15 is 0 Å². The zero-order valence-electron chi connectivity index (χ0n) is 15.4. The number of nitrogens with one attached hydrogen (secondary N) is 1. The summed E-state index contributed by atoms with van der Waals surface area (Å²) in [5.41, 5.74) is 1.51. The van der Waals surface area contributed by atoms with E-state index in [9.17, 15) is 4.79 Å². The van der Waals surface area contributed by atoms with Crippen LogP contribution < -0.4 is 15.0 Å². The third-order valence-corrected chi connectivity index (χ3v) is 4.98. The number of hydrogen-bond donors (Lipinski definition) is 1. The van der Waals surface area contributed by atoms with Crippen molar-refractivity contribution in [3.8, 4) is 5.75 Å². The van der Waals surface area contributed by atoms with Crippen molar-refractivity contribution in [1.29, 1.82) is 0 Å². The first kappa shape index (κ1) is 18.6. The van der Waals surface area contributed by atoms with E-state index in [2.05, 4.69) is 10.2 Å². The number of carbonyl (C=O) groups excluding carboxylic acids is 1. The molecule has 0 aliphatic carbocycles. The van der Waals surface area contributed by atoms with Gasteiger partial charge in [0.25, 0.3) is 5.91 Å². The maximum absolute atomic E-state index is 12.5. The van der Waals surface area contributed by atoms with Gasteiger partial charge in [-0.05, 0) is 35.0 Å². The summed E-state index contributed by atoms with van der Waals surface area (Å²) < 4.78 is 11.1. The van der Waals surface area contributed by atoms with Gasteiger partial charge in [-0.3, -0.25) is 4.79 Å². The van der Waals surface area contributed by atoms with Crippen molar-refractivity contribution >= 4 is 39.7 Å². The number of halogens is 1. The van der Waals surface area contributed by atoms with Crippen molar-refractivity contribution < 1.29 is 14.3 Å². The number of carbonyl (C=O) groups is 1. The van der Waals surface area contributed by atoms with Gasteiger partial charge in [0.2, 0.25) is 0 Å². The zero-order valence-corrected chi connectivity index (χ0v) is 16.1. The molecule has 1 fully saturated rings. The van der Waals surface area contributed by atoms with E-state index in [1.54, 1.807) is 0 Å². The Labute approximate surface area is 168 Å². The van der Waals surface area contributed by atoms with Gasteiger partial charge in [-0.25, -0.2) is 0 Å². The molecule has 4 rings (SSSR count). The van der Waals surface area contributed by atoms with E-state index < -0.39 is 0 Å². The van der Waals surface area contributed by atoms with Gasteiger partial charge in [0.1, 0.15) is 5.75 Å². The molecule has 0 atom stereocenters. The van der Waals surface area contributed by atoms with Crippen LogP contribution in [0.5, 0.6) is 5.75 Å². The molecular formula is C22H21ClN2O3. The average Bonchev–Trinajstić information content (AvgIpc) is 2.73. The van der Waals surface area contributed by atoms with Gasteiger partial charge in [-0.1, -0.05) is 48.0 Å². The van der Waals surface area contributed by atoms with E-state index in [0.717, 1.165) is 29.5 Å². The summed E-state index contributed by atoms with van der Waals surface area (Å²) in [6.45, 7) is 2.68. The Morgan fingerprint density at radius 2 is 1.82 bits per heavy atom. The van der Waals surface area contributed by atoms with Gasteiger partial charge in [0, 0.05) is 13.1 Å². The summed E-state index contributed by atoms with van der Waals surface area (Å²) >= 11 is 6.41. The summed E-state index contributed by atoms with van der Waals surface area (Å²) in [4.78, 5) is 14.6. The second-order valence-corrected chi connectivity index (χ2v) is 6.99. The van der Waals surface area contributed by atoms with E-state index in [0.29, 0.717) is 29.7 Å². The molecule has 1 amide bonds. The molecule has 0 unspecified atom stereocenters. The number of rotatable bonds is 5. The number of para-hydroxylation sites is 1. The van der Waals surface area contributed by atoms with Crippen molar-refractivity contribution in [2.24, 2.45) is 0 Å². The predicted octanol–water partition coefficient (Wildman–Crippen LogP) is 4.35. The number of anilines is 2. The lowest BCUT2D eigenvalue weighted by Gasteiger charge is -2.31. The fraction of sp³-hybridized carbons (Fsp3) is 0.227. The summed E-state index contributed by atoms with van der Waals surface area (Å²) in [5, 5.41) is 5.74. The normalized spacial score (nSPS) is 14.1. The fourth-order valence-electron chi connectivity index (χ4n) is 3.32. The Morgan fingerprint density at radius 3 is 2.64 bits per heavy atom. The van der Waals surface area contributed by atoms with Gasteiger partial charge in [-0.15, -0.1) is 0 Å². The van der Waals surface area contributed by atoms with E-state index in [1.807, 2.05) is 60.7 Å². The van der Waals surface area contributed by atoms with E-state index in [-0.39, 0.29) is 12.5 Å². The molecule has 1 heterocycles. The lowest BCUT2D eigenvalue weighted by Crippen LogP contribution is -2.37. The van der Waals surface area contributed by atoms with Crippen LogP contribution in [0.3, 0.4) is 0 Å². The zero-order chi connectivity index (χ0) is 19.3. The molecule has 1 N–H and O–H groups in total. The largest absolute Gasteiger partial charge is 0.484 e. The van der Waals surface area contributed by atoms with E-state index in [1.165, 1.54) is 0 Å². The standard InChI is InChI=1S/C22H21ClN2O3/c23-19-6-3-7-20(22(19)25-10-12-27-13-11-25)24-21(26)15-28-18-9-8-16-4-1-2-5-17(16)14-18/h1-9,14H,10-13,15H2,(H,24,26). The maximum Gasteiger partial charge on any atom is 0.262 e. The Bertz CT molecular complexity index is 986. The van der Waals surface area contributed by atoms with Crippen LogP contribution in [0.2, 0.25) is 5.02 Å². The number of nitrogens with zero attached hydrogens (tertiary/aromatic N) is 1. The quantitative estimate of drug-likeness (QED) is 0.696. The minimum Gasteiger partial charge on any atom is -0.484 e. The molecular weight excluding hydrogens is 376 g/mol. The Morgan fingerprint density at radius 1 is 1.04 bits per heavy atom. The molecule has 28 heavy (non-hydrogen) atoms. The van der Waals surface area contributed by atoms with Crippen LogP contribution in [0.25, 0.3) is 10.8 Å². The first-order valence-electron chi connectivity index (χ1n) is 9.23. The monoisotopic (exact) mass is 396 g/mol. The molecule has 1 aliphatic heterocycles. The average molecular weight is 397 g/mol. The van der Waals surface area contributed by atoms with Crippen LogP contribution in [-0.4, -0.2) is 38.8 Å². The molecule has 6 heteroatoms. The molecule has 0 radical (unpaired) electrons. The Kier molecular flexibility index (Phi) is 5.65. The Hall–Kier alpha value is -2.76. The van der Waals surface area contributed by atoms with Crippen molar-refractivity contribution in [2.45, 2.75) is 0 Å². The number of hydrogen-bond acceptors (Lipinski definition) is 4. The van der Waals surface area contributed by atoms with Gasteiger partial charge < -0.3 is 19.7 Å². The smallest absolute Gasteiger partial charge is 0.262 e. The van der Waals surface area contributed by atoms with Crippen molar-refractivity contribution in [1.82, 2.24) is 0 Å². The van der Waals surface area contributed by atoms with Crippen LogP contribution >= 0.6 is 11.6 Å². The van der Waals surface area contributed by atoms with E-state index in [4.69, 9.17) is 21.1 Å². The molecule has 0 spiro atoms. The van der Waals surface area contributed by atoms with Crippen molar-refractivity contribution in [3.05, 3.63) is 65.7 Å². The maximum atomic E-state index is 12.5. The number of morpholine rings is 1. The predicted molar refractivity (Wildman–Crippen MR) is 113 cm³/mol. The molecule has 1 aliphatic rings. The third kappa shape index (κ3) is 4.21. The third-order valence-electron chi connectivity index (χ3n) is 4.68. The van der Waals surface area contributed by atoms with Gasteiger partial charge in [0.05, 0.1) is 29.6 Å². The summed E-state index contributed by atoms with van der Waals surface area (Å²) in [7, 11) is 0. The van der Waals surface area contributed by atoms with Crippen molar-refractivity contribution in [3.63, 3.8) is 0 Å². The van der Waals surface area contributed by atoms with Crippen LogP contribution in [0.15, 0.2) is 60.7 Å². The summed E-state index contributed by atoms with van der Waals surface area (Å²) in [5.74, 6) is 0.429. The van der Waals surface area contributed by atoms with Crippen LogP contribution in [0.4, 0.5) is 11.4 Å². The molecule has 0 saturated carbocycles. The first-order chi connectivity index (χ1) is 13.7. The molecule has 0 aromatic heterocycles. The molecule has 3 aromatic carbocycles. The Balaban J connectivity index is 1.44. The lowest BCUT2D eigenvalue weighted by molar-refractivity contribution is -0.118. The molecule has 0 bridgehead atoms. The molecule has 1 saturated heterocycles. The highest BCUT2D eigenvalue weighted by molar-refractivity contribution is 6.34. The number of fused-ring (bicyclic) bond motifs is 1. The minimum atomic E-state index is -0.232. The fourth-order valence-corrected chi connectivity index (χ4v) is 3.61. The van der Waals surface area contributed by atoms with Crippen molar-refractivity contribution in [2.75, 3.05) is 43.1 Å². The topological polar surface area (TPSA) is 50.8 Å². The first-order valence-corrected chi connectivity index (χ1v) is 9.61. The highest BCUT2D eigenvalue weighted by Gasteiger charge is 2.19. The highest BCUT2D eigenvalue weighted by atomic mass is 35.5. The second kappa shape index (κ2) is 8.50. The summed E-state index contributed by atoms with van der Waals surface area (Å²) in [6.07, 6.45) is 0. The van der Waals surface area contributed by atoms with Gasteiger partial charge in [-0.2, -0.15) is 0 Å². The van der Waals surface area contributed by atoms with Gasteiger partial charge >= 0.3 is 0 Å². The van der Waals surface area contributed by atoms with Crippen LogP contribution in [0, 0.1) is 0 Å². The SMILES string of the molecule is O=C(COc1ccc2ccccc2c1)Nc1cccc(Cl)c1N1CCOCC1. The van der Waals surface area contributed by atoms with Gasteiger partial charge in [0.15, 0.2) is 6.61 Å². The van der Waals surface area contributed by atoms with Crippen LogP contribution in [-0.2, 0) is 9.53 Å². The summed E-state index contributed by atoms with van der Waals surface area (Å²) in [6, 6.07) is 19.3. The number of ether oxygens (including phenoxy) is 2. The molecule has 5 nitrogen and oxygen atoms in total. The van der Waals surface area contributed by atoms with Crippen LogP contribution in [0.1, 0.15) is 0 Å². The number of amides is 1. The molecule has 3 aromatic rings. The minimum absolute atomic E-state index is 0.0760. The lowest BCUT2D eigenvalue weighted by atomic mass is 10.1. The number of benzene rings is 3. The highest BCUT2D eigenvalue weighted by Crippen LogP contribution is 2.34. The second-order valence-electron chi connectivity index (χ2n) is 6.58.